The summed E-state index contributed by atoms with van der Waals surface area (Å²) in [4.78, 5) is 12.5. The van der Waals surface area contributed by atoms with E-state index in [1.54, 1.807) is 0 Å². The smallest absolute Gasteiger partial charge is 0.191 e. The van der Waals surface area contributed by atoms with Gasteiger partial charge in [-0.25, -0.2) is 0 Å². The van der Waals surface area contributed by atoms with Gasteiger partial charge in [0.15, 0.2) is 5.96 Å². The van der Waals surface area contributed by atoms with E-state index in [0.29, 0.717) is 0 Å². The summed E-state index contributed by atoms with van der Waals surface area (Å²) in [5.74, 6) is 0.798. The van der Waals surface area contributed by atoms with Gasteiger partial charge in [0.2, 0.25) is 0 Å². The van der Waals surface area contributed by atoms with Gasteiger partial charge in [0.25, 0.3) is 0 Å². The zero-order valence-corrected chi connectivity index (χ0v) is 18.4. The van der Waals surface area contributed by atoms with Crippen molar-refractivity contribution in [1.29, 1.82) is 0 Å². The van der Waals surface area contributed by atoms with Crippen molar-refractivity contribution in [1.82, 2.24) is 14.7 Å². The molecule has 25 heavy (non-hydrogen) atoms. The number of hydrogen-bond acceptors (Lipinski definition) is 3. The predicted molar refractivity (Wildman–Crippen MR) is 117 cm³/mol. The van der Waals surface area contributed by atoms with Crippen molar-refractivity contribution in [3.05, 3.63) is 0 Å². The topological polar surface area (TPSA) is 48.1 Å². The van der Waals surface area contributed by atoms with Gasteiger partial charge >= 0.3 is 0 Å². The largest absolute Gasteiger partial charge is 0.370 e. The van der Waals surface area contributed by atoms with Gasteiger partial charge in [-0.1, -0.05) is 19.3 Å². The Labute approximate surface area is 171 Å². The van der Waals surface area contributed by atoms with Crippen molar-refractivity contribution in [2.45, 2.75) is 63.3 Å². The molecule has 5 nitrogen and oxygen atoms in total. The average Bonchev–Trinajstić information content (AvgIpc) is 2.91. The fraction of sp³-hybridized carbons (Fsp3) is 0.947. The SMILES string of the molecule is CN1CCC(CN=C(N)N2CCCCCC2)(N2CCCCC2)CC1.I. The van der Waals surface area contributed by atoms with Crippen LogP contribution in [0.3, 0.4) is 0 Å². The molecule has 0 unspecified atom stereocenters. The first-order valence-electron chi connectivity index (χ1n) is 10.2. The number of guanidine groups is 1. The lowest BCUT2D eigenvalue weighted by atomic mass is 9.84. The van der Waals surface area contributed by atoms with Crippen LogP contribution in [0.25, 0.3) is 0 Å². The molecule has 0 aliphatic carbocycles. The molecule has 0 aromatic heterocycles. The quantitative estimate of drug-likeness (QED) is 0.397. The van der Waals surface area contributed by atoms with Crippen LogP contribution in [-0.4, -0.2) is 79.1 Å². The van der Waals surface area contributed by atoms with Crippen LogP contribution in [0, 0.1) is 0 Å². The summed E-state index contributed by atoms with van der Waals surface area (Å²) in [5.41, 5.74) is 6.65. The van der Waals surface area contributed by atoms with E-state index >= 15 is 0 Å². The van der Waals surface area contributed by atoms with Crippen LogP contribution in [0.4, 0.5) is 0 Å². The average molecular weight is 463 g/mol. The Morgan fingerprint density at radius 2 is 1.36 bits per heavy atom. The zero-order valence-electron chi connectivity index (χ0n) is 16.1. The molecule has 0 amide bonds. The van der Waals surface area contributed by atoms with Gasteiger partial charge in [0.1, 0.15) is 0 Å². The third-order valence-electron chi connectivity index (χ3n) is 6.41. The minimum atomic E-state index is 0. The number of hydrogen-bond donors (Lipinski definition) is 1. The Hall–Kier alpha value is -0.0800. The van der Waals surface area contributed by atoms with Gasteiger partial charge in [-0.2, -0.15) is 0 Å². The Bertz CT molecular complexity index is 406. The van der Waals surface area contributed by atoms with Crippen LogP contribution in [0.2, 0.25) is 0 Å². The van der Waals surface area contributed by atoms with Gasteiger partial charge in [0, 0.05) is 18.6 Å². The number of likely N-dealkylation sites (tertiary alicyclic amines) is 3. The zero-order chi connectivity index (χ0) is 16.8. The Balaban J connectivity index is 0.00000225. The third kappa shape index (κ3) is 5.70. The second-order valence-corrected chi connectivity index (χ2v) is 8.15. The highest BCUT2D eigenvalue weighted by atomic mass is 127. The van der Waals surface area contributed by atoms with E-state index in [9.17, 15) is 0 Å². The maximum atomic E-state index is 6.40. The summed E-state index contributed by atoms with van der Waals surface area (Å²) in [6, 6.07) is 0. The molecule has 2 N–H and O–H groups in total. The van der Waals surface area contributed by atoms with Gasteiger partial charge in [-0.3, -0.25) is 9.89 Å². The van der Waals surface area contributed by atoms with E-state index in [2.05, 4.69) is 21.7 Å². The summed E-state index contributed by atoms with van der Waals surface area (Å²) in [6.45, 7) is 7.96. The molecular weight excluding hydrogens is 425 g/mol. The molecule has 3 aliphatic rings. The lowest BCUT2D eigenvalue weighted by Gasteiger charge is -2.49. The summed E-state index contributed by atoms with van der Waals surface area (Å²) in [6.07, 6.45) is 11.8. The monoisotopic (exact) mass is 463 g/mol. The van der Waals surface area contributed by atoms with Crippen molar-refractivity contribution in [3.8, 4) is 0 Å². The van der Waals surface area contributed by atoms with E-state index in [1.807, 2.05) is 0 Å². The van der Waals surface area contributed by atoms with Crippen molar-refractivity contribution in [2.75, 3.05) is 52.9 Å². The van der Waals surface area contributed by atoms with Crippen molar-refractivity contribution >= 4 is 29.9 Å². The number of nitrogens with two attached hydrogens (primary N) is 1. The van der Waals surface area contributed by atoms with Crippen LogP contribution >= 0.6 is 24.0 Å². The summed E-state index contributed by atoms with van der Waals surface area (Å²) in [5, 5.41) is 0. The molecule has 146 valence electrons. The van der Waals surface area contributed by atoms with Crippen molar-refractivity contribution in [2.24, 2.45) is 10.7 Å². The normalized spacial score (nSPS) is 26.8. The summed E-state index contributed by atoms with van der Waals surface area (Å²) >= 11 is 0. The molecule has 0 radical (unpaired) electrons. The van der Waals surface area contributed by atoms with Crippen molar-refractivity contribution in [3.63, 3.8) is 0 Å². The minimum Gasteiger partial charge on any atom is -0.370 e. The first kappa shape index (κ1) is 21.2. The van der Waals surface area contributed by atoms with Gasteiger partial charge in [-0.05, 0) is 71.8 Å². The van der Waals surface area contributed by atoms with Crippen LogP contribution in [0.5, 0.6) is 0 Å². The maximum Gasteiger partial charge on any atom is 0.191 e. The number of piperidine rings is 2. The van der Waals surface area contributed by atoms with Crippen LogP contribution in [0.1, 0.15) is 57.8 Å². The second-order valence-electron chi connectivity index (χ2n) is 8.15. The predicted octanol–water partition coefficient (Wildman–Crippen LogP) is 2.75. The number of aliphatic imine (C=N–C) groups is 1. The number of halogens is 1. The van der Waals surface area contributed by atoms with E-state index in [-0.39, 0.29) is 29.5 Å². The van der Waals surface area contributed by atoms with Crippen LogP contribution < -0.4 is 5.73 Å². The fourth-order valence-electron chi connectivity index (χ4n) is 4.61. The lowest BCUT2D eigenvalue weighted by Crippen LogP contribution is -2.58. The van der Waals surface area contributed by atoms with Crippen LogP contribution in [-0.2, 0) is 0 Å². The number of rotatable bonds is 3. The van der Waals surface area contributed by atoms with Gasteiger partial charge in [-0.15, -0.1) is 24.0 Å². The molecule has 3 rings (SSSR count). The Kier molecular flexibility index (Phi) is 8.75. The molecular formula is C19H38IN5. The van der Waals surface area contributed by atoms with Gasteiger partial charge < -0.3 is 15.5 Å². The molecule has 0 bridgehead atoms. The second kappa shape index (κ2) is 10.3. The Morgan fingerprint density at radius 1 is 0.840 bits per heavy atom. The number of nitrogens with zero attached hydrogens (tertiary/aromatic N) is 4. The van der Waals surface area contributed by atoms with Gasteiger partial charge in [0.05, 0.1) is 6.54 Å². The molecule has 0 aromatic carbocycles. The molecule has 0 spiro atoms. The van der Waals surface area contributed by atoms with Crippen LogP contribution in [0.15, 0.2) is 4.99 Å². The molecule has 3 heterocycles. The highest BCUT2D eigenvalue weighted by Gasteiger charge is 2.39. The maximum absolute atomic E-state index is 6.40. The third-order valence-corrected chi connectivity index (χ3v) is 6.41. The molecule has 6 heteroatoms. The molecule has 3 aliphatic heterocycles. The van der Waals surface area contributed by atoms with E-state index in [0.717, 1.165) is 25.6 Å². The molecule has 3 saturated heterocycles. The summed E-state index contributed by atoms with van der Waals surface area (Å²) in [7, 11) is 2.25. The van der Waals surface area contributed by atoms with E-state index in [1.165, 1.54) is 84.0 Å². The summed E-state index contributed by atoms with van der Waals surface area (Å²) < 4.78 is 0. The highest BCUT2D eigenvalue weighted by molar-refractivity contribution is 14.0. The Morgan fingerprint density at radius 3 is 1.96 bits per heavy atom. The molecule has 0 atom stereocenters. The minimum absolute atomic E-state index is 0. The molecule has 0 saturated carbocycles. The molecule has 3 fully saturated rings. The first-order chi connectivity index (χ1) is 11.7. The standard InChI is InChI=1S/C19H37N5.HI/c1-22-15-9-19(10-16-22,24-13-7-4-8-14-24)17-21-18(20)23-11-5-2-3-6-12-23;/h2-17H2,1H3,(H2,20,21);1H. The van der Waals surface area contributed by atoms with E-state index < -0.39 is 0 Å². The van der Waals surface area contributed by atoms with Crippen molar-refractivity contribution < 1.29 is 0 Å². The molecule has 0 aromatic rings. The fourth-order valence-corrected chi connectivity index (χ4v) is 4.61. The lowest BCUT2D eigenvalue weighted by molar-refractivity contribution is 0.0207. The first-order valence-corrected chi connectivity index (χ1v) is 10.2. The highest BCUT2D eigenvalue weighted by Crippen LogP contribution is 2.31. The van der Waals surface area contributed by atoms with E-state index in [4.69, 9.17) is 10.7 Å².